The molecule has 0 aliphatic heterocycles. The molecule has 22 heavy (non-hydrogen) atoms. The molecular weight excluding hydrogens is 319 g/mol. The number of carbonyl (C=O) groups is 1. The van der Waals surface area contributed by atoms with Crippen molar-refractivity contribution in [2.24, 2.45) is 0 Å². The smallest absolute Gasteiger partial charge is 0.425 e. The largest absolute Gasteiger partial charge is 0.463 e. The first-order valence-electron chi connectivity index (χ1n) is 6.37. The van der Waals surface area contributed by atoms with E-state index in [0.717, 1.165) is 10.9 Å². The molecule has 0 bridgehead atoms. The molecule has 2 heterocycles. The highest BCUT2D eigenvalue weighted by Gasteiger charge is 2.58. The van der Waals surface area contributed by atoms with Crippen molar-refractivity contribution in [1.29, 1.82) is 0 Å². The van der Waals surface area contributed by atoms with E-state index in [-0.39, 0.29) is 12.3 Å². The zero-order chi connectivity index (χ0) is 16.4. The molecule has 1 unspecified atom stereocenters. The van der Waals surface area contributed by atoms with Crippen LogP contribution in [0.15, 0.2) is 34.1 Å². The van der Waals surface area contributed by atoms with E-state index in [2.05, 4.69) is 5.32 Å². The summed E-state index contributed by atoms with van der Waals surface area (Å²) < 4.78 is 44.4. The first-order chi connectivity index (χ1) is 10.2. The molecule has 2 rings (SSSR count). The van der Waals surface area contributed by atoms with Gasteiger partial charge in [-0.05, 0) is 30.5 Å². The molecule has 0 aromatic carbocycles. The quantitative estimate of drug-likeness (QED) is 0.884. The van der Waals surface area contributed by atoms with Crippen LogP contribution < -0.4 is 5.32 Å². The van der Waals surface area contributed by atoms with E-state index in [0.29, 0.717) is 0 Å². The average molecular weight is 333 g/mol. The van der Waals surface area contributed by atoms with Crippen molar-refractivity contribution in [2.45, 2.75) is 31.7 Å². The van der Waals surface area contributed by atoms with Gasteiger partial charge in [0.05, 0.1) is 13.0 Å². The highest BCUT2D eigenvalue weighted by molar-refractivity contribution is 7.09. The third-order valence-electron chi connectivity index (χ3n) is 3.07. The molecule has 0 saturated carbocycles. The van der Waals surface area contributed by atoms with Crippen molar-refractivity contribution in [2.75, 3.05) is 0 Å². The summed E-state index contributed by atoms with van der Waals surface area (Å²) in [7, 11) is 0. The molecule has 0 saturated heterocycles. The lowest BCUT2D eigenvalue weighted by atomic mass is 9.95. The third-order valence-corrected chi connectivity index (χ3v) is 3.95. The van der Waals surface area contributed by atoms with Gasteiger partial charge in [-0.25, -0.2) is 0 Å². The Balaban J connectivity index is 2.11. The monoisotopic (exact) mass is 333 g/mol. The molecule has 2 N–H and O–H groups in total. The van der Waals surface area contributed by atoms with Gasteiger partial charge in [0.15, 0.2) is 0 Å². The van der Waals surface area contributed by atoms with Crippen LogP contribution >= 0.6 is 11.3 Å². The number of halogens is 3. The number of hydrogen-bond acceptors (Lipinski definition) is 4. The van der Waals surface area contributed by atoms with Crippen molar-refractivity contribution in [1.82, 2.24) is 5.32 Å². The maximum Gasteiger partial charge on any atom is 0.425 e. The van der Waals surface area contributed by atoms with Crippen molar-refractivity contribution in [3.05, 3.63) is 46.0 Å². The number of nitrogens with one attached hydrogen (secondary N) is 1. The van der Waals surface area contributed by atoms with Crippen LogP contribution in [0.3, 0.4) is 0 Å². The van der Waals surface area contributed by atoms with E-state index in [1.165, 1.54) is 24.3 Å². The first kappa shape index (κ1) is 16.6. The molecule has 120 valence electrons. The van der Waals surface area contributed by atoms with E-state index in [4.69, 9.17) is 4.42 Å². The van der Waals surface area contributed by atoms with E-state index >= 15 is 0 Å². The van der Waals surface area contributed by atoms with E-state index < -0.39 is 29.9 Å². The predicted octanol–water partition coefficient (Wildman–Crippen LogP) is 3.11. The molecule has 0 spiro atoms. The average Bonchev–Trinajstić information content (AvgIpc) is 3.06. The SMILES string of the molecule is Cc1ccc(C(O)(CC(=O)NCc2cccs2)C(F)(F)F)o1. The number of alkyl halides is 3. The van der Waals surface area contributed by atoms with Crippen LogP contribution in [0.1, 0.15) is 22.8 Å². The highest BCUT2D eigenvalue weighted by Crippen LogP contribution is 2.42. The number of aliphatic hydroxyl groups is 1. The van der Waals surface area contributed by atoms with Crippen molar-refractivity contribution >= 4 is 17.2 Å². The summed E-state index contributed by atoms with van der Waals surface area (Å²) in [6.07, 6.45) is -6.19. The number of amides is 1. The van der Waals surface area contributed by atoms with Gasteiger partial charge in [-0.2, -0.15) is 13.2 Å². The molecular formula is C14H14F3NO3S. The van der Waals surface area contributed by atoms with Crippen LogP contribution in [0.4, 0.5) is 13.2 Å². The van der Waals surface area contributed by atoms with Gasteiger partial charge < -0.3 is 14.8 Å². The van der Waals surface area contributed by atoms with E-state index in [1.807, 2.05) is 0 Å². The van der Waals surface area contributed by atoms with Gasteiger partial charge in [0, 0.05) is 4.88 Å². The number of rotatable bonds is 5. The Labute approximate surface area is 128 Å². The minimum Gasteiger partial charge on any atom is -0.463 e. The van der Waals surface area contributed by atoms with Gasteiger partial charge in [0.2, 0.25) is 11.5 Å². The lowest BCUT2D eigenvalue weighted by Crippen LogP contribution is -2.45. The molecule has 0 aliphatic carbocycles. The van der Waals surface area contributed by atoms with Gasteiger partial charge in [-0.3, -0.25) is 4.79 Å². The molecule has 0 fully saturated rings. The number of hydrogen-bond donors (Lipinski definition) is 2. The fourth-order valence-corrected chi connectivity index (χ4v) is 2.52. The highest BCUT2D eigenvalue weighted by atomic mass is 32.1. The Bertz CT molecular complexity index is 636. The lowest BCUT2D eigenvalue weighted by molar-refractivity contribution is -0.273. The van der Waals surface area contributed by atoms with Gasteiger partial charge in [0.25, 0.3) is 0 Å². The number of carbonyl (C=O) groups excluding carboxylic acids is 1. The summed E-state index contributed by atoms with van der Waals surface area (Å²) in [5.41, 5.74) is -3.35. The van der Waals surface area contributed by atoms with Crippen LogP contribution in [0, 0.1) is 6.92 Å². The van der Waals surface area contributed by atoms with Crippen LogP contribution in [0.25, 0.3) is 0 Å². The van der Waals surface area contributed by atoms with Gasteiger partial charge >= 0.3 is 6.18 Å². The summed E-state index contributed by atoms with van der Waals surface area (Å²) in [6.45, 7) is 1.57. The second kappa shape index (κ2) is 6.13. The summed E-state index contributed by atoms with van der Waals surface area (Å²) in [4.78, 5) is 12.6. The summed E-state index contributed by atoms with van der Waals surface area (Å²) in [5.74, 6) is -1.39. The van der Waals surface area contributed by atoms with Gasteiger partial charge in [0.1, 0.15) is 11.5 Å². The zero-order valence-corrected chi connectivity index (χ0v) is 12.4. The van der Waals surface area contributed by atoms with Crippen LogP contribution in [0.2, 0.25) is 0 Å². The molecule has 4 nitrogen and oxygen atoms in total. The fraction of sp³-hybridized carbons (Fsp3) is 0.357. The van der Waals surface area contributed by atoms with Crippen molar-refractivity contribution in [3.8, 4) is 0 Å². The van der Waals surface area contributed by atoms with E-state index in [9.17, 15) is 23.1 Å². The summed E-state index contributed by atoms with van der Waals surface area (Å²) in [6, 6.07) is 5.84. The van der Waals surface area contributed by atoms with Gasteiger partial charge in [-0.15, -0.1) is 11.3 Å². The fourth-order valence-electron chi connectivity index (χ4n) is 1.88. The zero-order valence-electron chi connectivity index (χ0n) is 11.6. The maximum absolute atomic E-state index is 13.2. The molecule has 2 aromatic rings. The first-order valence-corrected chi connectivity index (χ1v) is 7.25. The second-order valence-corrected chi connectivity index (χ2v) is 5.83. The van der Waals surface area contributed by atoms with Crippen LogP contribution in [-0.4, -0.2) is 17.2 Å². The van der Waals surface area contributed by atoms with Gasteiger partial charge in [-0.1, -0.05) is 6.07 Å². The number of furan rings is 1. The Hall–Kier alpha value is -1.80. The third kappa shape index (κ3) is 3.50. The number of thiophene rings is 1. The van der Waals surface area contributed by atoms with E-state index in [1.54, 1.807) is 17.5 Å². The Morgan fingerprint density at radius 1 is 1.36 bits per heavy atom. The van der Waals surface area contributed by atoms with Crippen molar-refractivity contribution in [3.63, 3.8) is 0 Å². The topological polar surface area (TPSA) is 62.5 Å². The summed E-state index contributed by atoms with van der Waals surface area (Å²) >= 11 is 1.37. The molecule has 0 aliphatic rings. The second-order valence-electron chi connectivity index (χ2n) is 4.80. The van der Waals surface area contributed by atoms with Crippen molar-refractivity contribution < 1.29 is 27.5 Å². The van der Waals surface area contributed by atoms with Crippen LogP contribution in [-0.2, 0) is 16.9 Å². The standard InChI is InChI=1S/C14H14F3NO3S/c1-9-4-5-11(21-9)13(20,14(15,16)17)7-12(19)18-8-10-3-2-6-22-10/h2-6,20H,7-8H2,1H3,(H,18,19). The molecule has 1 amide bonds. The Morgan fingerprint density at radius 3 is 2.59 bits per heavy atom. The lowest BCUT2D eigenvalue weighted by Gasteiger charge is -2.27. The minimum atomic E-state index is -5.03. The molecule has 1 atom stereocenters. The predicted molar refractivity (Wildman–Crippen MR) is 74.2 cm³/mol. The molecule has 2 aromatic heterocycles. The van der Waals surface area contributed by atoms with Crippen LogP contribution in [0.5, 0.6) is 0 Å². The minimum absolute atomic E-state index is 0.113. The maximum atomic E-state index is 13.2. The Kier molecular flexibility index (Phi) is 4.62. The Morgan fingerprint density at radius 2 is 2.09 bits per heavy atom. The number of aryl methyl sites for hydroxylation is 1. The normalized spacial score (nSPS) is 14.6. The summed E-state index contributed by atoms with van der Waals surface area (Å²) in [5, 5.41) is 14.1. The molecule has 0 radical (unpaired) electrons. The molecule has 8 heteroatoms.